The van der Waals surface area contributed by atoms with Crippen LogP contribution >= 0.6 is 23.2 Å². The van der Waals surface area contributed by atoms with Gasteiger partial charge in [0.15, 0.2) is 11.6 Å². The van der Waals surface area contributed by atoms with Gasteiger partial charge in [-0.25, -0.2) is 4.39 Å². The average Bonchev–Trinajstić information content (AvgIpc) is 2.61. The molecule has 156 valence electrons. The lowest BCUT2D eigenvalue weighted by Crippen LogP contribution is -2.29. The van der Waals surface area contributed by atoms with Crippen molar-refractivity contribution in [2.45, 2.75) is 33.4 Å². The first-order valence-corrected chi connectivity index (χ1v) is 9.51. The minimum atomic E-state index is -1.18. The van der Waals surface area contributed by atoms with Crippen LogP contribution in [0.15, 0.2) is 24.3 Å². The van der Waals surface area contributed by atoms with Gasteiger partial charge in [0.1, 0.15) is 13.2 Å². The number of amides is 1. The minimum absolute atomic E-state index is 0.0477. The Balaban J connectivity index is 2.20. The highest BCUT2D eigenvalue weighted by atomic mass is 35.5. The summed E-state index contributed by atoms with van der Waals surface area (Å²) < 4.78 is 20.4. The molecule has 0 aliphatic heterocycles. The van der Waals surface area contributed by atoms with Crippen LogP contribution in [-0.2, 0) is 11.4 Å². The molecular formula is C20H21Cl2FN2O4. The molecule has 9 heteroatoms. The van der Waals surface area contributed by atoms with Crippen molar-refractivity contribution in [3.8, 4) is 5.75 Å². The molecule has 1 amide bonds. The maximum atomic E-state index is 14.7. The molecule has 0 atom stereocenters. The first-order valence-electron chi connectivity index (χ1n) is 8.76. The lowest BCUT2D eigenvalue weighted by molar-refractivity contribution is -0.135. The van der Waals surface area contributed by atoms with Gasteiger partial charge >= 0.3 is 5.97 Å². The number of carboxylic acid groups (broad SMARTS) is 1. The predicted octanol–water partition coefficient (Wildman–Crippen LogP) is 4.65. The van der Waals surface area contributed by atoms with Crippen molar-refractivity contribution in [1.82, 2.24) is 5.32 Å². The third kappa shape index (κ3) is 6.24. The van der Waals surface area contributed by atoms with Crippen molar-refractivity contribution in [3.63, 3.8) is 0 Å². The molecule has 2 rings (SSSR count). The molecule has 3 N–H and O–H groups in total. The Morgan fingerprint density at radius 3 is 2.34 bits per heavy atom. The van der Waals surface area contributed by atoms with E-state index in [9.17, 15) is 14.0 Å². The highest BCUT2D eigenvalue weighted by Gasteiger charge is 2.17. The van der Waals surface area contributed by atoms with Crippen LogP contribution in [0.3, 0.4) is 0 Å². The fraction of sp³-hybridized carbons (Fsp3) is 0.300. The highest BCUT2D eigenvalue weighted by molar-refractivity contribution is 6.37. The number of aryl methyl sites for hydroxylation is 1. The topological polar surface area (TPSA) is 87.7 Å². The SMILES string of the molecule is Cc1cc(COc2c(Cl)cc(C(=O)NCC(=O)O)cc2Cl)c(F)c(NC(C)C)c1. The number of nitrogens with one attached hydrogen (secondary N) is 2. The second-order valence-electron chi connectivity index (χ2n) is 6.72. The maximum absolute atomic E-state index is 14.7. The fourth-order valence-corrected chi connectivity index (χ4v) is 3.20. The Bertz CT molecular complexity index is 912. The largest absolute Gasteiger partial charge is 0.486 e. The number of halogens is 3. The molecule has 0 saturated heterocycles. The van der Waals surface area contributed by atoms with Gasteiger partial charge < -0.3 is 20.5 Å². The van der Waals surface area contributed by atoms with Gasteiger partial charge in [-0.05, 0) is 50.6 Å². The van der Waals surface area contributed by atoms with E-state index in [2.05, 4.69) is 10.6 Å². The summed E-state index contributed by atoms with van der Waals surface area (Å²) in [7, 11) is 0. The molecule has 0 aliphatic rings. The molecule has 0 bridgehead atoms. The predicted molar refractivity (Wildman–Crippen MR) is 111 cm³/mol. The van der Waals surface area contributed by atoms with E-state index in [4.69, 9.17) is 33.0 Å². The van der Waals surface area contributed by atoms with E-state index in [0.717, 1.165) is 5.56 Å². The van der Waals surface area contributed by atoms with E-state index in [1.54, 1.807) is 12.1 Å². The lowest BCUT2D eigenvalue weighted by atomic mass is 10.1. The quantitative estimate of drug-likeness (QED) is 0.553. The van der Waals surface area contributed by atoms with E-state index in [-0.39, 0.29) is 34.0 Å². The van der Waals surface area contributed by atoms with Crippen LogP contribution < -0.4 is 15.4 Å². The third-order valence-electron chi connectivity index (χ3n) is 3.77. The molecule has 0 saturated carbocycles. The number of hydrogen-bond acceptors (Lipinski definition) is 4. The van der Waals surface area contributed by atoms with Crippen molar-refractivity contribution in [2.75, 3.05) is 11.9 Å². The van der Waals surface area contributed by atoms with Crippen molar-refractivity contribution < 1.29 is 23.8 Å². The molecule has 2 aromatic rings. The van der Waals surface area contributed by atoms with Crippen LogP contribution in [0.25, 0.3) is 0 Å². The van der Waals surface area contributed by atoms with Gasteiger partial charge in [-0.2, -0.15) is 0 Å². The van der Waals surface area contributed by atoms with Gasteiger partial charge in [0.05, 0.1) is 15.7 Å². The monoisotopic (exact) mass is 442 g/mol. The van der Waals surface area contributed by atoms with E-state index in [1.807, 2.05) is 20.8 Å². The third-order valence-corrected chi connectivity index (χ3v) is 4.33. The number of carboxylic acids is 1. The highest BCUT2D eigenvalue weighted by Crippen LogP contribution is 2.35. The Morgan fingerprint density at radius 2 is 1.79 bits per heavy atom. The summed E-state index contributed by atoms with van der Waals surface area (Å²) in [6.45, 7) is 5.01. The van der Waals surface area contributed by atoms with Crippen LogP contribution in [0.2, 0.25) is 10.0 Å². The zero-order valence-corrected chi connectivity index (χ0v) is 17.6. The normalized spacial score (nSPS) is 10.7. The smallest absolute Gasteiger partial charge is 0.322 e. The Hall–Kier alpha value is -2.51. The van der Waals surface area contributed by atoms with Gasteiger partial charge in [-0.15, -0.1) is 0 Å². The van der Waals surface area contributed by atoms with Crippen molar-refractivity contribution >= 4 is 40.8 Å². The first kappa shape index (κ1) is 22.8. The average molecular weight is 443 g/mol. The van der Waals surface area contributed by atoms with E-state index in [1.165, 1.54) is 12.1 Å². The zero-order valence-electron chi connectivity index (χ0n) is 16.1. The lowest BCUT2D eigenvalue weighted by Gasteiger charge is -2.16. The molecule has 0 aromatic heterocycles. The van der Waals surface area contributed by atoms with Gasteiger partial charge in [0.2, 0.25) is 0 Å². The zero-order chi connectivity index (χ0) is 21.7. The molecule has 0 spiro atoms. The molecule has 29 heavy (non-hydrogen) atoms. The fourth-order valence-electron chi connectivity index (χ4n) is 2.60. The van der Waals surface area contributed by atoms with Gasteiger partial charge in [-0.3, -0.25) is 9.59 Å². The van der Waals surface area contributed by atoms with Crippen molar-refractivity contribution in [2.24, 2.45) is 0 Å². The summed E-state index contributed by atoms with van der Waals surface area (Å²) in [5, 5.41) is 14.0. The number of carbonyl (C=O) groups is 2. The molecule has 0 aliphatic carbocycles. The van der Waals surface area contributed by atoms with E-state index < -0.39 is 24.2 Å². The summed E-state index contributed by atoms with van der Waals surface area (Å²) in [4.78, 5) is 22.5. The molecule has 0 fully saturated rings. The van der Waals surface area contributed by atoms with Crippen LogP contribution in [0.1, 0.15) is 35.3 Å². The van der Waals surface area contributed by atoms with E-state index in [0.29, 0.717) is 11.3 Å². The van der Waals surface area contributed by atoms with Crippen LogP contribution in [0.5, 0.6) is 5.75 Å². The molecule has 0 radical (unpaired) electrons. The van der Waals surface area contributed by atoms with Gasteiger partial charge in [-0.1, -0.05) is 23.2 Å². The standard InChI is InChI=1S/C20H21Cl2FN2O4/c1-10(2)25-16-5-11(3)4-13(18(16)23)9-29-19-14(21)6-12(7-15(19)22)20(28)24-8-17(26)27/h4-7,10,25H,8-9H2,1-3H3,(H,24,28)(H,26,27). The number of ether oxygens (including phenoxy) is 1. The molecule has 6 nitrogen and oxygen atoms in total. The van der Waals surface area contributed by atoms with Crippen LogP contribution in [0.4, 0.5) is 10.1 Å². The summed E-state index contributed by atoms with van der Waals surface area (Å²) in [5.74, 6) is -2.15. The van der Waals surface area contributed by atoms with Crippen LogP contribution in [0, 0.1) is 12.7 Å². The number of hydrogen-bond donors (Lipinski definition) is 3. The Kier molecular flexibility index (Phi) is 7.70. The molecule has 2 aromatic carbocycles. The van der Waals surface area contributed by atoms with E-state index >= 15 is 0 Å². The number of rotatable bonds is 8. The second-order valence-corrected chi connectivity index (χ2v) is 7.53. The van der Waals surface area contributed by atoms with Crippen molar-refractivity contribution in [3.05, 3.63) is 56.8 Å². The number of benzene rings is 2. The molecular weight excluding hydrogens is 422 g/mol. The van der Waals surface area contributed by atoms with Crippen LogP contribution in [-0.4, -0.2) is 29.6 Å². The maximum Gasteiger partial charge on any atom is 0.322 e. The summed E-state index contributed by atoms with van der Waals surface area (Å²) in [6, 6.07) is 6.04. The summed E-state index contributed by atoms with van der Waals surface area (Å²) in [6.07, 6.45) is 0. The number of aliphatic carboxylic acids is 1. The molecule has 0 unspecified atom stereocenters. The molecule has 0 heterocycles. The summed E-state index contributed by atoms with van der Waals surface area (Å²) >= 11 is 12.3. The summed E-state index contributed by atoms with van der Waals surface area (Å²) in [5.41, 5.74) is 1.64. The second kappa shape index (κ2) is 9.80. The first-order chi connectivity index (χ1) is 13.6. The Morgan fingerprint density at radius 1 is 1.17 bits per heavy atom. The van der Waals surface area contributed by atoms with Gasteiger partial charge in [0.25, 0.3) is 5.91 Å². The Labute approximate surface area is 178 Å². The minimum Gasteiger partial charge on any atom is -0.486 e. The number of anilines is 1. The number of carbonyl (C=O) groups excluding carboxylic acids is 1. The van der Waals surface area contributed by atoms with Crippen molar-refractivity contribution in [1.29, 1.82) is 0 Å². The van der Waals surface area contributed by atoms with Gasteiger partial charge in [0, 0.05) is 17.2 Å².